The molecule has 2 aromatic carbocycles. The number of carbonyl (C=O) groups is 2. The minimum Gasteiger partial charge on any atom is -0.466 e. The highest BCUT2D eigenvalue weighted by Crippen LogP contribution is 2.38. The molecule has 0 aliphatic carbocycles. The Labute approximate surface area is 160 Å². The number of ether oxygens (including phenoxy) is 3. The van der Waals surface area contributed by atoms with E-state index in [4.69, 9.17) is 14.2 Å². The van der Waals surface area contributed by atoms with E-state index in [1.54, 1.807) is 25.1 Å². The summed E-state index contributed by atoms with van der Waals surface area (Å²) in [5.41, 5.74) is 0.774. The molecule has 0 saturated carbocycles. The standard InChI is InChI=1S/C19H18N2O7/c1-2-26-18(22)7-6-12-4-3-5-13(8-12)20-19(23)14-9-16-17(28-11-27-16)10-15(14)21(24)25/h3-5,8-10H,2,6-7,11H2,1H3,(H,20,23). The highest BCUT2D eigenvalue weighted by molar-refractivity contribution is 6.07. The van der Waals surface area contributed by atoms with Crippen molar-refractivity contribution in [3.8, 4) is 11.5 Å². The van der Waals surface area contributed by atoms with Crippen LogP contribution in [0.4, 0.5) is 11.4 Å². The second-order valence-electron chi connectivity index (χ2n) is 5.94. The van der Waals surface area contributed by atoms with E-state index in [1.807, 2.05) is 6.07 Å². The molecule has 0 aromatic heterocycles. The Bertz CT molecular complexity index is 926. The van der Waals surface area contributed by atoms with Gasteiger partial charge in [-0.15, -0.1) is 0 Å². The first-order chi connectivity index (χ1) is 13.5. The zero-order valence-electron chi connectivity index (χ0n) is 15.1. The van der Waals surface area contributed by atoms with Crippen LogP contribution in [-0.4, -0.2) is 30.2 Å². The predicted molar refractivity (Wildman–Crippen MR) is 98.6 cm³/mol. The van der Waals surface area contributed by atoms with E-state index in [9.17, 15) is 19.7 Å². The first-order valence-corrected chi connectivity index (χ1v) is 8.62. The largest absolute Gasteiger partial charge is 0.466 e. The summed E-state index contributed by atoms with van der Waals surface area (Å²) in [6, 6.07) is 9.37. The Balaban J connectivity index is 1.76. The van der Waals surface area contributed by atoms with Crippen molar-refractivity contribution in [2.75, 3.05) is 18.7 Å². The van der Waals surface area contributed by atoms with Crippen LogP contribution in [0.1, 0.15) is 29.3 Å². The van der Waals surface area contributed by atoms with Crippen molar-refractivity contribution in [1.82, 2.24) is 0 Å². The highest BCUT2D eigenvalue weighted by Gasteiger charge is 2.27. The first kappa shape index (κ1) is 19.2. The Morgan fingerprint density at radius 3 is 2.68 bits per heavy atom. The van der Waals surface area contributed by atoms with Gasteiger partial charge in [0.2, 0.25) is 6.79 Å². The van der Waals surface area contributed by atoms with Gasteiger partial charge in [0, 0.05) is 18.2 Å². The summed E-state index contributed by atoms with van der Waals surface area (Å²) in [5.74, 6) is -0.441. The van der Waals surface area contributed by atoms with Crippen molar-refractivity contribution in [2.45, 2.75) is 19.8 Å². The van der Waals surface area contributed by atoms with Gasteiger partial charge in [0.25, 0.3) is 11.6 Å². The van der Waals surface area contributed by atoms with Crippen molar-refractivity contribution in [2.24, 2.45) is 0 Å². The van der Waals surface area contributed by atoms with E-state index in [2.05, 4.69) is 5.32 Å². The van der Waals surface area contributed by atoms with E-state index in [1.165, 1.54) is 12.1 Å². The molecule has 1 aliphatic heterocycles. The van der Waals surface area contributed by atoms with Gasteiger partial charge in [-0.25, -0.2) is 0 Å². The third-order valence-electron chi connectivity index (χ3n) is 4.04. The molecule has 28 heavy (non-hydrogen) atoms. The number of benzene rings is 2. The summed E-state index contributed by atoms with van der Waals surface area (Å²) >= 11 is 0. The van der Waals surface area contributed by atoms with Gasteiger partial charge in [0.05, 0.1) is 17.6 Å². The number of nitro groups is 1. The molecule has 0 spiro atoms. The molecule has 9 heteroatoms. The summed E-state index contributed by atoms with van der Waals surface area (Å²) in [6.07, 6.45) is 0.672. The average molecular weight is 386 g/mol. The lowest BCUT2D eigenvalue weighted by molar-refractivity contribution is -0.385. The molecule has 0 atom stereocenters. The summed E-state index contributed by atoms with van der Waals surface area (Å²) in [4.78, 5) is 34.8. The zero-order chi connectivity index (χ0) is 20.1. The van der Waals surface area contributed by atoms with Crippen LogP contribution in [-0.2, 0) is 16.0 Å². The Hall–Kier alpha value is -3.62. The number of amides is 1. The number of esters is 1. The molecule has 0 unspecified atom stereocenters. The van der Waals surface area contributed by atoms with Crippen LogP contribution >= 0.6 is 0 Å². The summed E-state index contributed by atoms with van der Waals surface area (Å²) < 4.78 is 15.2. The number of nitrogens with zero attached hydrogens (tertiary/aromatic N) is 1. The average Bonchev–Trinajstić information content (AvgIpc) is 3.13. The van der Waals surface area contributed by atoms with E-state index >= 15 is 0 Å². The molecule has 0 fully saturated rings. The molecule has 0 radical (unpaired) electrons. The molecule has 2 aromatic rings. The number of rotatable bonds is 7. The molecule has 146 valence electrons. The van der Waals surface area contributed by atoms with Gasteiger partial charge in [-0.1, -0.05) is 12.1 Å². The SMILES string of the molecule is CCOC(=O)CCc1cccc(NC(=O)c2cc3c(cc2[N+](=O)[O-])OCO3)c1. The molecular formula is C19H18N2O7. The van der Waals surface area contributed by atoms with Gasteiger partial charge < -0.3 is 19.5 Å². The zero-order valence-corrected chi connectivity index (χ0v) is 15.1. The topological polar surface area (TPSA) is 117 Å². The lowest BCUT2D eigenvalue weighted by Crippen LogP contribution is -2.14. The third kappa shape index (κ3) is 4.37. The number of anilines is 1. The van der Waals surface area contributed by atoms with Crippen molar-refractivity contribution < 1.29 is 28.7 Å². The number of carbonyl (C=O) groups excluding carboxylic acids is 2. The Morgan fingerprint density at radius 1 is 1.21 bits per heavy atom. The minimum atomic E-state index is -0.646. The molecule has 1 N–H and O–H groups in total. The monoisotopic (exact) mass is 386 g/mol. The summed E-state index contributed by atoms with van der Waals surface area (Å²) in [6.45, 7) is 2.01. The number of nitro benzene ring substituents is 1. The van der Waals surface area contributed by atoms with E-state index < -0.39 is 10.8 Å². The fraction of sp³-hybridized carbons (Fsp3) is 0.263. The highest BCUT2D eigenvalue weighted by atomic mass is 16.7. The van der Waals surface area contributed by atoms with Gasteiger partial charge in [0.1, 0.15) is 5.56 Å². The fourth-order valence-electron chi connectivity index (χ4n) is 2.75. The number of hydrogen-bond acceptors (Lipinski definition) is 7. The molecule has 1 aliphatic rings. The smallest absolute Gasteiger partial charge is 0.306 e. The van der Waals surface area contributed by atoms with Crippen LogP contribution in [0.25, 0.3) is 0 Å². The molecular weight excluding hydrogens is 368 g/mol. The van der Waals surface area contributed by atoms with E-state index in [0.717, 1.165) is 5.56 Å². The second kappa shape index (κ2) is 8.38. The molecule has 9 nitrogen and oxygen atoms in total. The van der Waals surface area contributed by atoms with Gasteiger partial charge in [0.15, 0.2) is 11.5 Å². The normalized spacial score (nSPS) is 11.8. The van der Waals surface area contributed by atoms with Crippen molar-refractivity contribution in [1.29, 1.82) is 0 Å². The van der Waals surface area contributed by atoms with Crippen molar-refractivity contribution in [3.63, 3.8) is 0 Å². The summed E-state index contributed by atoms with van der Waals surface area (Å²) in [5, 5.41) is 14.0. The van der Waals surface area contributed by atoms with Crippen LogP contribution in [0, 0.1) is 10.1 Å². The quantitative estimate of drug-likeness (QED) is 0.441. The van der Waals surface area contributed by atoms with E-state index in [-0.39, 0.29) is 41.9 Å². The van der Waals surface area contributed by atoms with Crippen LogP contribution in [0.3, 0.4) is 0 Å². The van der Waals surface area contributed by atoms with Gasteiger partial charge in [-0.05, 0) is 31.0 Å². The van der Waals surface area contributed by atoms with Crippen LogP contribution in [0.15, 0.2) is 36.4 Å². The maximum absolute atomic E-state index is 12.6. The molecule has 3 rings (SSSR count). The first-order valence-electron chi connectivity index (χ1n) is 8.62. The third-order valence-corrected chi connectivity index (χ3v) is 4.04. The van der Waals surface area contributed by atoms with Crippen LogP contribution in [0.2, 0.25) is 0 Å². The number of hydrogen-bond donors (Lipinski definition) is 1. The van der Waals surface area contributed by atoms with E-state index in [0.29, 0.717) is 18.7 Å². The second-order valence-corrected chi connectivity index (χ2v) is 5.94. The molecule has 1 heterocycles. The number of aryl methyl sites for hydroxylation is 1. The maximum Gasteiger partial charge on any atom is 0.306 e. The predicted octanol–water partition coefficient (Wildman–Crippen LogP) is 3.07. The van der Waals surface area contributed by atoms with Gasteiger partial charge >= 0.3 is 5.97 Å². The fourth-order valence-corrected chi connectivity index (χ4v) is 2.75. The maximum atomic E-state index is 12.6. The van der Waals surface area contributed by atoms with Gasteiger partial charge in [-0.2, -0.15) is 0 Å². The number of nitrogens with one attached hydrogen (secondary N) is 1. The minimum absolute atomic E-state index is 0.0555. The molecule has 0 bridgehead atoms. The van der Waals surface area contributed by atoms with Crippen LogP contribution < -0.4 is 14.8 Å². The van der Waals surface area contributed by atoms with Gasteiger partial charge in [-0.3, -0.25) is 19.7 Å². The van der Waals surface area contributed by atoms with Crippen molar-refractivity contribution >= 4 is 23.3 Å². The molecule has 1 amide bonds. The lowest BCUT2D eigenvalue weighted by Gasteiger charge is -2.09. The number of fused-ring (bicyclic) bond motifs is 1. The Kier molecular flexibility index (Phi) is 5.73. The lowest BCUT2D eigenvalue weighted by atomic mass is 10.1. The Morgan fingerprint density at radius 2 is 1.96 bits per heavy atom. The van der Waals surface area contributed by atoms with Crippen LogP contribution in [0.5, 0.6) is 11.5 Å². The summed E-state index contributed by atoms with van der Waals surface area (Å²) in [7, 11) is 0. The molecule has 0 saturated heterocycles. The van der Waals surface area contributed by atoms with Crippen molar-refractivity contribution in [3.05, 3.63) is 57.6 Å².